The summed E-state index contributed by atoms with van der Waals surface area (Å²) in [6.07, 6.45) is 0.412. The summed E-state index contributed by atoms with van der Waals surface area (Å²) in [6, 6.07) is 23.0. The van der Waals surface area contributed by atoms with Crippen molar-refractivity contribution in [3.8, 4) is 11.5 Å². The monoisotopic (exact) mass is 461 g/mol. The number of amides is 1. The number of carbonyl (C=O) groups is 1. The number of anilines is 1. The summed E-state index contributed by atoms with van der Waals surface area (Å²) < 4.78 is 13.4. The van der Waals surface area contributed by atoms with Crippen LogP contribution in [0.5, 0.6) is 11.5 Å². The first-order valence-corrected chi connectivity index (χ1v) is 11.3. The van der Waals surface area contributed by atoms with Gasteiger partial charge in [-0.25, -0.2) is 4.98 Å². The fourth-order valence-electron chi connectivity index (χ4n) is 4.34. The fraction of sp³-hybridized carbons (Fsp3) is 0.231. The number of methoxy groups -OCH3 is 1. The minimum atomic E-state index is -0.00938. The topological polar surface area (TPSA) is 56.6 Å². The van der Waals surface area contributed by atoms with E-state index in [0.717, 1.165) is 34.0 Å². The summed E-state index contributed by atoms with van der Waals surface area (Å²) in [5, 5.41) is 0.617. The molecule has 2 heterocycles. The molecule has 7 heteroatoms. The number of benzene rings is 3. The van der Waals surface area contributed by atoms with Gasteiger partial charge in [0.15, 0.2) is 0 Å². The van der Waals surface area contributed by atoms with E-state index in [0.29, 0.717) is 31.1 Å². The number of halogens is 1. The van der Waals surface area contributed by atoms with Crippen LogP contribution in [0.25, 0.3) is 11.0 Å². The number of hydrogen-bond donors (Lipinski definition) is 0. The van der Waals surface area contributed by atoms with Gasteiger partial charge < -0.3 is 18.9 Å². The van der Waals surface area contributed by atoms with Crippen LogP contribution in [0.3, 0.4) is 0 Å². The van der Waals surface area contributed by atoms with Gasteiger partial charge in [-0.3, -0.25) is 4.79 Å². The summed E-state index contributed by atoms with van der Waals surface area (Å²) in [4.78, 5) is 19.6. The first kappa shape index (κ1) is 21.3. The van der Waals surface area contributed by atoms with Crippen molar-refractivity contribution in [2.24, 2.45) is 0 Å². The van der Waals surface area contributed by atoms with Crippen LogP contribution in [0.15, 0.2) is 72.8 Å². The maximum Gasteiger partial charge on any atom is 0.227 e. The Morgan fingerprint density at radius 2 is 1.82 bits per heavy atom. The first-order valence-electron chi connectivity index (χ1n) is 10.9. The molecule has 4 aromatic rings. The Morgan fingerprint density at radius 1 is 1.03 bits per heavy atom. The Bertz CT molecular complexity index is 1290. The molecule has 33 heavy (non-hydrogen) atoms. The zero-order valence-electron chi connectivity index (χ0n) is 18.3. The third-order valence-electron chi connectivity index (χ3n) is 5.94. The lowest BCUT2D eigenvalue weighted by Gasteiger charge is -2.18. The first-order chi connectivity index (χ1) is 16.1. The van der Waals surface area contributed by atoms with E-state index in [1.165, 1.54) is 0 Å². The highest BCUT2D eigenvalue weighted by atomic mass is 35.5. The van der Waals surface area contributed by atoms with Gasteiger partial charge in [0.05, 0.1) is 24.7 Å². The van der Waals surface area contributed by atoms with Gasteiger partial charge in [0, 0.05) is 29.6 Å². The van der Waals surface area contributed by atoms with Crippen molar-refractivity contribution in [1.29, 1.82) is 0 Å². The molecule has 0 aliphatic carbocycles. The molecule has 1 fully saturated rings. The maximum absolute atomic E-state index is 12.9. The van der Waals surface area contributed by atoms with Crippen LogP contribution in [-0.4, -0.2) is 35.7 Å². The smallest absolute Gasteiger partial charge is 0.227 e. The molecule has 0 saturated carbocycles. The molecule has 0 N–H and O–H groups in total. The summed E-state index contributed by atoms with van der Waals surface area (Å²) in [5.41, 5.74) is 2.78. The molecular formula is C26H24ClN3O3. The highest BCUT2D eigenvalue weighted by Crippen LogP contribution is 2.34. The van der Waals surface area contributed by atoms with Crippen LogP contribution in [0.1, 0.15) is 18.2 Å². The number of rotatable bonds is 7. The molecule has 0 unspecified atom stereocenters. The molecule has 6 nitrogen and oxygen atoms in total. The third kappa shape index (κ3) is 4.39. The van der Waals surface area contributed by atoms with Crippen molar-refractivity contribution in [1.82, 2.24) is 9.55 Å². The molecule has 1 aliphatic rings. The Labute approximate surface area is 197 Å². The zero-order valence-corrected chi connectivity index (χ0v) is 19.0. The second kappa shape index (κ2) is 9.16. The minimum absolute atomic E-state index is 0.00938. The van der Waals surface area contributed by atoms with E-state index in [9.17, 15) is 4.79 Å². The van der Waals surface area contributed by atoms with Crippen molar-refractivity contribution < 1.29 is 14.3 Å². The van der Waals surface area contributed by atoms with Gasteiger partial charge in [-0.05, 0) is 54.6 Å². The number of fused-ring (bicyclic) bond motifs is 1. The van der Waals surface area contributed by atoms with Crippen molar-refractivity contribution in [3.63, 3.8) is 0 Å². The van der Waals surface area contributed by atoms with Crippen LogP contribution in [0.2, 0.25) is 5.02 Å². The lowest BCUT2D eigenvalue weighted by molar-refractivity contribution is -0.117. The van der Waals surface area contributed by atoms with Crippen LogP contribution >= 0.6 is 11.6 Å². The molecule has 3 aromatic carbocycles. The summed E-state index contributed by atoms with van der Waals surface area (Å²) in [7, 11) is 1.64. The molecule has 5 rings (SSSR count). The van der Waals surface area contributed by atoms with E-state index >= 15 is 0 Å². The van der Waals surface area contributed by atoms with Crippen LogP contribution in [0.4, 0.5) is 5.69 Å². The molecule has 1 aromatic heterocycles. The Hall–Kier alpha value is -3.51. The van der Waals surface area contributed by atoms with E-state index in [1.807, 2.05) is 66.7 Å². The number of imidazole rings is 1. The van der Waals surface area contributed by atoms with Gasteiger partial charge in [-0.15, -0.1) is 0 Å². The minimum Gasteiger partial charge on any atom is -0.497 e. The second-order valence-corrected chi connectivity index (χ2v) is 8.46. The third-order valence-corrected chi connectivity index (χ3v) is 6.17. The predicted octanol–water partition coefficient (Wildman–Crippen LogP) is 5.30. The van der Waals surface area contributed by atoms with Crippen LogP contribution in [-0.2, 0) is 11.3 Å². The van der Waals surface area contributed by atoms with Gasteiger partial charge in [-0.2, -0.15) is 0 Å². The van der Waals surface area contributed by atoms with Crippen LogP contribution < -0.4 is 14.4 Å². The van der Waals surface area contributed by atoms with Crippen LogP contribution in [0, 0.1) is 0 Å². The van der Waals surface area contributed by atoms with E-state index in [-0.39, 0.29) is 11.8 Å². The Kier molecular flexibility index (Phi) is 5.92. The van der Waals surface area contributed by atoms with Gasteiger partial charge in [0.25, 0.3) is 0 Å². The SMILES string of the molecule is COc1ccc(OCCn2c([C@@H]3CC(=O)N(c4cccc(Cl)c4)C3)nc3ccccc32)cc1. The van der Waals surface area contributed by atoms with Crippen molar-refractivity contribution in [2.45, 2.75) is 18.9 Å². The quantitative estimate of drug-likeness (QED) is 0.375. The van der Waals surface area contributed by atoms with E-state index < -0.39 is 0 Å². The van der Waals surface area contributed by atoms with Gasteiger partial charge >= 0.3 is 0 Å². The summed E-state index contributed by atoms with van der Waals surface area (Å²) in [5.74, 6) is 2.55. The average molecular weight is 462 g/mol. The largest absolute Gasteiger partial charge is 0.497 e. The lowest BCUT2D eigenvalue weighted by Crippen LogP contribution is -2.24. The van der Waals surface area contributed by atoms with Gasteiger partial charge in [0.2, 0.25) is 5.91 Å². The number of hydrogen-bond acceptors (Lipinski definition) is 4. The van der Waals surface area contributed by atoms with E-state index in [1.54, 1.807) is 12.0 Å². The van der Waals surface area contributed by atoms with E-state index in [4.69, 9.17) is 26.1 Å². The van der Waals surface area contributed by atoms with Crippen molar-refractivity contribution >= 4 is 34.2 Å². The molecular weight excluding hydrogens is 438 g/mol. The number of ether oxygens (including phenoxy) is 2. The molecule has 1 aliphatic heterocycles. The fourth-order valence-corrected chi connectivity index (χ4v) is 4.53. The number of nitrogens with zero attached hydrogens (tertiary/aromatic N) is 3. The maximum atomic E-state index is 12.9. The number of carbonyl (C=O) groups excluding carboxylic acids is 1. The Morgan fingerprint density at radius 3 is 2.61 bits per heavy atom. The zero-order chi connectivity index (χ0) is 22.8. The summed E-state index contributed by atoms with van der Waals surface area (Å²) >= 11 is 6.15. The number of aromatic nitrogens is 2. The molecule has 0 bridgehead atoms. The normalized spacial score (nSPS) is 15.9. The predicted molar refractivity (Wildman–Crippen MR) is 129 cm³/mol. The lowest BCUT2D eigenvalue weighted by atomic mass is 10.1. The number of para-hydroxylation sites is 2. The van der Waals surface area contributed by atoms with Crippen molar-refractivity contribution in [2.75, 3.05) is 25.2 Å². The highest BCUT2D eigenvalue weighted by Gasteiger charge is 2.34. The molecule has 168 valence electrons. The highest BCUT2D eigenvalue weighted by molar-refractivity contribution is 6.30. The van der Waals surface area contributed by atoms with Gasteiger partial charge in [-0.1, -0.05) is 29.8 Å². The second-order valence-electron chi connectivity index (χ2n) is 8.02. The van der Waals surface area contributed by atoms with E-state index in [2.05, 4.69) is 10.6 Å². The summed E-state index contributed by atoms with van der Waals surface area (Å²) in [6.45, 7) is 1.68. The average Bonchev–Trinajstić information content (AvgIpc) is 3.40. The molecule has 1 atom stereocenters. The molecule has 0 spiro atoms. The Balaban J connectivity index is 1.38. The molecule has 1 amide bonds. The molecule has 0 radical (unpaired) electrons. The van der Waals surface area contributed by atoms with Crippen molar-refractivity contribution in [3.05, 3.63) is 83.6 Å². The standard InChI is InChI=1S/C26H24ClN3O3/c1-32-21-9-11-22(12-10-21)33-14-13-29-24-8-3-2-7-23(24)28-26(29)18-15-25(31)30(17-18)20-6-4-5-19(27)16-20/h2-12,16,18H,13-15,17H2,1H3/t18-/m1/s1. The molecule has 1 saturated heterocycles. The van der Waals surface area contributed by atoms with Gasteiger partial charge in [0.1, 0.15) is 23.9 Å².